The normalized spacial score (nSPS) is 18.3. The van der Waals surface area contributed by atoms with Crippen LogP contribution in [0.15, 0.2) is 30.6 Å². The summed E-state index contributed by atoms with van der Waals surface area (Å²) >= 11 is 2.00. The van der Waals surface area contributed by atoms with Crippen molar-refractivity contribution < 1.29 is 0 Å². The summed E-state index contributed by atoms with van der Waals surface area (Å²) in [5.74, 6) is 3.32. The molecule has 2 aromatic rings. The van der Waals surface area contributed by atoms with Gasteiger partial charge in [0, 0.05) is 37.6 Å². The Morgan fingerprint density at radius 3 is 3.16 bits per heavy atom. The molecule has 0 radical (unpaired) electrons. The molecule has 0 aliphatic carbocycles. The molecule has 0 saturated heterocycles. The first kappa shape index (κ1) is 12.7. The van der Waals surface area contributed by atoms with Crippen molar-refractivity contribution in [2.75, 3.05) is 12.3 Å². The highest BCUT2D eigenvalue weighted by molar-refractivity contribution is 7.98. The van der Waals surface area contributed by atoms with Crippen molar-refractivity contribution in [3.05, 3.63) is 47.5 Å². The third-order valence-corrected chi connectivity index (χ3v) is 4.60. The van der Waals surface area contributed by atoms with Gasteiger partial charge in [0.1, 0.15) is 12.2 Å². The van der Waals surface area contributed by atoms with Gasteiger partial charge in [0.05, 0.1) is 0 Å². The molecule has 1 N–H and O–H groups in total. The number of aromatic nitrogens is 3. The van der Waals surface area contributed by atoms with E-state index in [4.69, 9.17) is 0 Å². The third-order valence-electron chi connectivity index (χ3n) is 3.52. The molecule has 1 aliphatic rings. The number of fused-ring (bicyclic) bond motifs is 1. The van der Waals surface area contributed by atoms with Crippen molar-refractivity contribution in [3.8, 4) is 0 Å². The molecular formula is C14H18N4S. The van der Waals surface area contributed by atoms with Crippen LogP contribution in [0.1, 0.15) is 23.0 Å². The molecule has 1 aromatic heterocycles. The van der Waals surface area contributed by atoms with E-state index in [1.54, 1.807) is 6.33 Å². The van der Waals surface area contributed by atoms with E-state index in [2.05, 4.69) is 39.8 Å². The Labute approximate surface area is 117 Å². The van der Waals surface area contributed by atoms with E-state index in [-0.39, 0.29) is 0 Å². The fraction of sp³-hybridized carbons (Fsp3) is 0.429. The van der Waals surface area contributed by atoms with E-state index in [9.17, 15) is 0 Å². The van der Waals surface area contributed by atoms with E-state index in [1.807, 2.05) is 23.4 Å². The monoisotopic (exact) mass is 274 g/mol. The van der Waals surface area contributed by atoms with Crippen LogP contribution in [0.5, 0.6) is 0 Å². The van der Waals surface area contributed by atoms with Crippen LogP contribution >= 0.6 is 11.8 Å². The molecule has 0 fully saturated rings. The third kappa shape index (κ3) is 2.82. The van der Waals surface area contributed by atoms with Gasteiger partial charge in [-0.25, -0.2) is 0 Å². The summed E-state index contributed by atoms with van der Waals surface area (Å²) in [5, 5.41) is 11.7. The van der Waals surface area contributed by atoms with Gasteiger partial charge in [-0.3, -0.25) is 0 Å². The first-order valence-corrected chi connectivity index (χ1v) is 7.72. The SMILES string of the molecule is Cn1cnnc1CCNC1CSCc2ccccc21. The molecule has 1 aliphatic heterocycles. The average Bonchev–Trinajstić information content (AvgIpc) is 2.85. The zero-order valence-corrected chi connectivity index (χ0v) is 11.9. The van der Waals surface area contributed by atoms with Crippen LogP contribution in [0.25, 0.3) is 0 Å². The van der Waals surface area contributed by atoms with Crippen molar-refractivity contribution in [2.24, 2.45) is 7.05 Å². The first-order chi connectivity index (χ1) is 9.34. The Morgan fingerprint density at radius 2 is 2.32 bits per heavy atom. The number of hydrogen-bond acceptors (Lipinski definition) is 4. The van der Waals surface area contributed by atoms with E-state index >= 15 is 0 Å². The molecule has 4 nitrogen and oxygen atoms in total. The molecule has 5 heteroatoms. The van der Waals surface area contributed by atoms with Crippen LogP contribution < -0.4 is 5.32 Å². The van der Waals surface area contributed by atoms with E-state index in [0.717, 1.165) is 30.3 Å². The number of rotatable bonds is 4. The van der Waals surface area contributed by atoms with Crippen molar-refractivity contribution in [1.82, 2.24) is 20.1 Å². The fourth-order valence-corrected chi connectivity index (χ4v) is 3.58. The number of hydrogen-bond donors (Lipinski definition) is 1. The van der Waals surface area contributed by atoms with E-state index in [0.29, 0.717) is 6.04 Å². The number of benzene rings is 1. The highest BCUT2D eigenvalue weighted by Gasteiger charge is 2.19. The Morgan fingerprint density at radius 1 is 1.42 bits per heavy atom. The van der Waals surface area contributed by atoms with Crippen molar-refractivity contribution in [3.63, 3.8) is 0 Å². The molecular weight excluding hydrogens is 256 g/mol. The van der Waals surface area contributed by atoms with Gasteiger partial charge in [0.2, 0.25) is 0 Å². The summed E-state index contributed by atoms with van der Waals surface area (Å²) < 4.78 is 1.98. The fourth-order valence-electron chi connectivity index (χ4n) is 2.44. The maximum Gasteiger partial charge on any atom is 0.133 e. The largest absolute Gasteiger partial charge is 0.321 e. The lowest BCUT2D eigenvalue weighted by Gasteiger charge is -2.26. The average molecular weight is 274 g/mol. The molecule has 0 saturated carbocycles. The Hall–Kier alpha value is -1.33. The van der Waals surface area contributed by atoms with Crippen molar-refractivity contribution in [2.45, 2.75) is 18.2 Å². The highest BCUT2D eigenvalue weighted by Crippen LogP contribution is 2.31. The lowest BCUT2D eigenvalue weighted by molar-refractivity contribution is 0.565. The number of thioether (sulfide) groups is 1. The van der Waals surface area contributed by atoms with Crippen molar-refractivity contribution in [1.29, 1.82) is 0 Å². The van der Waals surface area contributed by atoms with Crippen LogP contribution in [0.2, 0.25) is 0 Å². The van der Waals surface area contributed by atoms with Gasteiger partial charge < -0.3 is 9.88 Å². The predicted molar refractivity (Wildman–Crippen MR) is 78.1 cm³/mol. The number of nitrogens with zero attached hydrogens (tertiary/aromatic N) is 3. The second-order valence-electron chi connectivity index (χ2n) is 4.83. The second kappa shape index (κ2) is 5.75. The lowest BCUT2D eigenvalue weighted by Crippen LogP contribution is -2.28. The van der Waals surface area contributed by atoms with Crippen LogP contribution in [0.4, 0.5) is 0 Å². The van der Waals surface area contributed by atoms with Crippen molar-refractivity contribution >= 4 is 11.8 Å². The summed E-state index contributed by atoms with van der Waals surface area (Å²) in [4.78, 5) is 0. The molecule has 0 bridgehead atoms. The topological polar surface area (TPSA) is 42.7 Å². The lowest BCUT2D eigenvalue weighted by atomic mass is 10.0. The zero-order chi connectivity index (χ0) is 13.1. The van der Waals surface area contributed by atoms with Crippen LogP contribution in [-0.2, 0) is 19.2 Å². The molecule has 19 heavy (non-hydrogen) atoms. The van der Waals surface area contributed by atoms with E-state index in [1.165, 1.54) is 11.1 Å². The Balaban J connectivity index is 1.61. The zero-order valence-electron chi connectivity index (χ0n) is 11.0. The predicted octanol–water partition coefficient (Wildman–Crippen LogP) is 1.94. The summed E-state index contributed by atoms with van der Waals surface area (Å²) in [5.41, 5.74) is 2.93. The molecule has 0 amide bonds. The van der Waals surface area contributed by atoms with Gasteiger partial charge in [-0.15, -0.1) is 10.2 Å². The van der Waals surface area contributed by atoms with Gasteiger partial charge in [0.15, 0.2) is 0 Å². The standard InChI is InChI=1S/C14H18N4S/c1-18-10-16-17-14(18)6-7-15-13-9-19-8-11-4-2-3-5-12(11)13/h2-5,10,13,15H,6-9H2,1H3. The minimum atomic E-state index is 0.461. The van der Waals surface area contributed by atoms with Crippen LogP contribution in [-0.4, -0.2) is 27.1 Å². The number of nitrogens with one attached hydrogen (secondary N) is 1. The Bertz CT molecular complexity index is 552. The Kier molecular flexibility index (Phi) is 3.84. The molecule has 2 heterocycles. The summed E-state index contributed by atoms with van der Waals surface area (Å²) in [7, 11) is 1.99. The highest BCUT2D eigenvalue weighted by atomic mass is 32.2. The summed E-state index contributed by atoms with van der Waals surface area (Å²) in [6.45, 7) is 0.937. The molecule has 1 aromatic carbocycles. The van der Waals surface area contributed by atoms with Crippen LogP contribution in [0.3, 0.4) is 0 Å². The summed E-state index contributed by atoms with van der Waals surface area (Å²) in [6, 6.07) is 9.20. The second-order valence-corrected chi connectivity index (χ2v) is 5.86. The quantitative estimate of drug-likeness (QED) is 0.925. The molecule has 1 unspecified atom stereocenters. The van der Waals surface area contributed by atoms with Gasteiger partial charge in [0.25, 0.3) is 0 Å². The smallest absolute Gasteiger partial charge is 0.133 e. The number of aryl methyl sites for hydroxylation is 1. The molecule has 3 rings (SSSR count). The minimum Gasteiger partial charge on any atom is -0.321 e. The summed E-state index contributed by atoms with van der Waals surface area (Å²) in [6.07, 6.45) is 2.67. The van der Waals surface area contributed by atoms with Gasteiger partial charge >= 0.3 is 0 Å². The molecule has 1 atom stereocenters. The van der Waals surface area contributed by atoms with E-state index < -0.39 is 0 Å². The van der Waals surface area contributed by atoms with Gasteiger partial charge in [-0.1, -0.05) is 24.3 Å². The molecule has 0 spiro atoms. The first-order valence-electron chi connectivity index (χ1n) is 6.56. The maximum atomic E-state index is 4.11. The molecule has 100 valence electrons. The van der Waals surface area contributed by atoms with Gasteiger partial charge in [-0.05, 0) is 11.1 Å². The maximum absolute atomic E-state index is 4.11. The van der Waals surface area contributed by atoms with Crippen LogP contribution in [0, 0.1) is 0 Å². The minimum absolute atomic E-state index is 0.461. The van der Waals surface area contributed by atoms with Gasteiger partial charge in [-0.2, -0.15) is 11.8 Å².